The summed E-state index contributed by atoms with van der Waals surface area (Å²) in [6.07, 6.45) is 9.42. The summed E-state index contributed by atoms with van der Waals surface area (Å²) in [5.41, 5.74) is 10.2. The first kappa shape index (κ1) is 22.4. The van der Waals surface area contributed by atoms with Gasteiger partial charge < -0.3 is 0 Å². The summed E-state index contributed by atoms with van der Waals surface area (Å²) in [6, 6.07) is 23.9. The molecule has 0 aliphatic heterocycles. The molecule has 2 aliphatic carbocycles. The Morgan fingerprint density at radius 3 is 2.47 bits per heavy atom. The largest absolute Gasteiger partial charge is 0.245 e. The molecule has 4 aromatic rings. The van der Waals surface area contributed by atoms with Crippen LogP contribution in [-0.2, 0) is 12.8 Å². The molecule has 2 nitrogen and oxygen atoms in total. The number of hydrogen-bond donors (Lipinski definition) is 0. The van der Waals surface area contributed by atoms with Crippen LogP contribution in [0.5, 0.6) is 0 Å². The van der Waals surface area contributed by atoms with E-state index in [9.17, 15) is 0 Å². The zero-order chi connectivity index (χ0) is 24.6. The average molecular weight is 467 g/mol. The fourth-order valence-electron chi connectivity index (χ4n) is 5.98. The van der Waals surface area contributed by atoms with Gasteiger partial charge in [-0.05, 0) is 94.1 Å². The van der Waals surface area contributed by atoms with Gasteiger partial charge in [-0.15, -0.1) is 0 Å². The third-order valence-corrected chi connectivity index (χ3v) is 7.62. The van der Waals surface area contributed by atoms with Crippen LogP contribution in [0, 0.1) is 0 Å². The lowest BCUT2D eigenvalue weighted by Gasteiger charge is -2.18. The molecule has 0 unspecified atom stereocenters. The van der Waals surface area contributed by atoms with Gasteiger partial charge in [-0.25, -0.2) is 9.98 Å². The van der Waals surface area contributed by atoms with E-state index in [-0.39, 0.29) is 0 Å². The highest BCUT2D eigenvalue weighted by Crippen LogP contribution is 2.44. The first-order chi connectivity index (χ1) is 17.7. The molecule has 0 saturated heterocycles. The molecule has 176 valence electrons. The maximum absolute atomic E-state index is 5.16. The number of benzene rings is 4. The molecule has 0 atom stereocenters. The Kier molecular flexibility index (Phi) is 5.73. The predicted molar refractivity (Wildman–Crippen MR) is 157 cm³/mol. The summed E-state index contributed by atoms with van der Waals surface area (Å²) in [5.74, 6) is 0.724. The Bertz CT molecular complexity index is 1650. The molecule has 0 bridgehead atoms. The summed E-state index contributed by atoms with van der Waals surface area (Å²) in [4.78, 5) is 9.60. The van der Waals surface area contributed by atoms with Crippen LogP contribution >= 0.6 is 0 Å². The summed E-state index contributed by atoms with van der Waals surface area (Å²) in [7, 11) is 0. The van der Waals surface area contributed by atoms with Crippen LogP contribution in [-0.4, -0.2) is 12.6 Å². The number of amidine groups is 1. The van der Waals surface area contributed by atoms with Crippen molar-refractivity contribution in [2.75, 3.05) is 0 Å². The van der Waals surface area contributed by atoms with Gasteiger partial charge in [-0.2, -0.15) is 0 Å². The summed E-state index contributed by atoms with van der Waals surface area (Å²) < 4.78 is 0. The van der Waals surface area contributed by atoms with Gasteiger partial charge in [0.25, 0.3) is 0 Å². The fourth-order valence-corrected chi connectivity index (χ4v) is 5.98. The summed E-state index contributed by atoms with van der Waals surface area (Å²) in [6.45, 7) is 10.3. The number of aryl methyl sites for hydroxylation is 1. The minimum absolute atomic E-state index is 0.724. The van der Waals surface area contributed by atoms with Crippen molar-refractivity contribution in [3.63, 3.8) is 0 Å². The minimum atomic E-state index is 0.724. The molecule has 2 heteroatoms. The molecular weight excluding hydrogens is 436 g/mol. The van der Waals surface area contributed by atoms with Crippen LogP contribution in [0.15, 0.2) is 101 Å². The topological polar surface area (TPSA) is 24.7 Å². The van der Waals surface area contributed by atoms with Crippen LogP contribution in [0.3, 0.4) is 0 Å². The second-order valence-electron chi connectivity index (χ2n) is 9.75. The van der Waals surface area contributed by atoms with Gasteiger partial charge in [0.15, 0.2) is 5.84 Å². The van der Waals surface area contributed by atoms with E-state index >= 15 is 0 Å². The average Bonchev–Trinajstić information content (AvgIpc) is 3.28. The molecule has 0 heterocycles. The van der Waals surface area contributed by atoms with Crippen LogP contribution in [0.1, 0.15) is 48.4 Å². The number of rotatable bonds is 5. The van der Waals surface area contributed by atoms with E-state index < -0.39 is 0 Å². The normalized spacial score (nSPS) is 15.1. The third kappa shape index (κ3) is 3.65. The van der Waals surface area contributed by atoms with Crippen molar-refractivity contribution in [2.24, 2.45) is 9.98 Å². The molecule has 6 rings (SSSR count). The first-order valence-corrected chi connectivity index (χ1v) is 12.9. The highest BCUT2D eigenvalue weighted by Gasteiger charge is 2.23. The molecule has 4 aromatic carbocycles. The lowest BCUT2D eigenvalue weighted by Crippen LogP contribution is -2.07. The molecule has 0 N–H and O–H groups in total. The molecule has 0 amide bonds. The number of nitrogens with zero attached hydrogens (tertiary/aromatic N) is 2. The van der Waals surface area contributed by atoms with Crippen molar-refractivity contribution in [1.82, 2.24) is 0 Å². The Balaban J connectivity index is 1.50. The maximum atomic E-state index is 5.16. The van der Waals surface area contributed by atoms with Crippen LogP contribution in [0.25, 0.3) is 33.2 Å². The molecular formula is C34H30N2. The van der Waals surface area contributed by atoms with E-state index in [0.29, 0.717) is 0 Å². The number of fused-ring (bicyclic) bond motifs is 6. The maximum Gasteiger partial charge on any atom is 0.155 e. The zero-order valence-electron chi connectivity index (χ0n) is 20.8. The van der Waals surface area contributed by atoms with Gasteiger partial charge in [0, 0.05) is 5.39 Å². The van der Waals surface area contributed by atoms with E-state index in [0.717, 1.165) is 54.6 Å². The Labute approximate surface area is 213 Å². The molecule has 0 aromatic heterocycles. The van der Waals surface area contributed by atoms with Crippen LogP contribution < -0.4 is 0 Å². The van der Waals surface area contributed by atoms with Crippen molar-refractivity contribution < 1.29 is 0 Å². The highest BCUT2D eigenvalue weighted by molar-refractivity contribution is 6.11. The fraction of sp³-hybridized carbons (Fsp3) is 0.176. The van der Waals surface area contributed by atoms with Gasteiger partial charge in [0.1, 0.15) is 0 Å². The Morgan fingerprint density at radius 1 is 0.917 bits per heavy atom. The van der Waals surface area contributed by atoms with E-state index in [2.05, 4.69) is 98.0 Å². The molecule has 2 aliphatic rings. The van der Waals surface area contributed by atoms with Crippen LogP contribution in [0.4, 0.5) is 5.69 Å². The smallest absolute Gasteiger partial charge is 0.155 e. The van der Waals surface area contributed by atoms with Gasteiger partial charge in [0.05, 0.1) is 5.69 Å². The molecule has 0 saturated carbocycles. The molecule has 0 spiro atoms. The van der Waals surface area contributed by atoms with Crippen molar-refractivity contribution >= 4 is 51.4 Å². The van der Waals surface area contributed by atoms with Crippen molar-refractivity contribution in [1.29, 1.82) is 0 Å². The number of hydrogen-bond acceptors (Lipinski definition) is 1. The van der Waals surface area contributed by atoms with Gasteiger partial charge in [-0.3, -0.25) is 0 Å². The number of aliphatic imine (C=N–C) groups is 2. The second kappa shape index (κ2) is 9.20. The van der Waals surface area contributed by atoms with Crippen molar-refractivity contribution in [2.45, 2.75) is 39.0 Å². The van der Waals surface area contributed by atoms with Gasteiger partial charge in [-0.1, -0.05) is 92.2 Å². The summed E-state index contributed by atoms with van der Waals surface area (Å²) >= 11 is 0. The van der Waals surface area contributed by atoms with Gasteiger partial charge in [0.2, 0.25) is 0 Å². The monoisotopic (exact) mass is 466 g/mol. The quantitative estimate of drug-likeness (QED) is 0.207. The third-order valence-electron chi connectivity index (χ3n) is 7.62. The van der Waals surface area contributed by atoms with Crippen LogP contribution in [0.2, 0.25) is 0 Å². The van der Waals surface area contributed by atoms with E-state index in [4.69, 9.17) is 4.99 Å². The van der Waals surface area contributed by atoms with Crippen molar-refractivity contribution in [3.05, 3.63) is 113 Å². The molecule has 0 fully saturated rings. The summed E-state index contributed by atoms with van der Waals surface area (Å²) in [5, 5.41) is 4.94. The van der Waals surface area contributed by atoms with E-state index in [1.165, 1.54) is 49.6 Å². The molecule has 36 heavy (non-hydrogen) atoms. The SMILES string of the molecule is C=CC1=C(CCC)Cc2cc(/N=C(\N=C)C3=Cc4c(ccc5ccccc45)CC3)c3ccccc3c21. The lowest BCUT2D eigenvalue weighted by atomic mass is 9.88. The van der Waals surface area contributed by atoms with Crippen molar-refractivity contribution in [3.8, 4) is 0 Å². The van der Waals surface area contributed by atoms with Gasteiger partial charge >= 0.3 is 0 Å². The minimum Gasteiger partial charge on any atom is -0.245 e. The predicted octanol–water partition coefficient (Wildman–Crippen LogP) is 9.05. The second-order valence-corrected chi connectivity index (χ2v) is 9.75. The molecule has 0 radical (unpaired) electrons. The number of allylic oxidation sites excluding steroid dienone is 3. The first-order valence-electron chi connectivity index (χ1n) is 12.9. The van der Waals surface area contributed by atoms with E-state index in [1.54, 1.807) is 0 Å². The highest BCUT2D eigenvalue weighted by atomic mass is 14.9. The Morgan fingerprint density at radius 2 is 1.69 bits per heavy atom. The van der Waals surface area contributed by atoms with E-state index in [1.807, 2.05) is 6.08 Å². The zero-order valence-corrected chi connectivity index (χ0v) is 20.8. The Hall–Kier alpha value is -4.04. The standard InChI is InChI=1S/C34H30N2/c1-4-10-24-19-26-21-32(29-13-8-9-14-30(29)33(26)27(24)5-2)36-34(35-3)25-18-17-23-16-15-22-11-6-7-12-28(22)31(23)20-25/h5-9,11-16,20-21H,2-4,10,17-19H2,1H3/b36-34-. The lowest BCUT2D eigenvalue weighted by molar-refractivity contribution is 0.884.